The Bertz CT molecular complexity index is 1330. The fourth-order valence-corrected chi connectivity index (χ4v) is 6.67. The van der Waals surface area contributed by atoms with Crippen molar-refractivity contribution in [2.45, 2.75) is 49.2 Å². The summed E-state index contributed by atoms with van der Waals surface area (Å²) in [5.74, 6) is 0.348. The second-order valence-electron chi connectivity index (χ2n) is 7.91. The summed E-state index contributed by atoms with van der Waals surface area (Å²) < 4.78 is 9.10. The Morgan fingerprint density at radius 1 is 1.28 bits per heavy atom. The van der Waals surface area contributed by atoms with Gasteiger partial charge in [0.25, 0.3) is 0 Å². The predicted molar refractivity (Wildman–Crippen MR) is 134 cm³/mol. The van der Waals surface area contributed by atoms with Crippen LogP contribution in [0.5, 0.6) is 0 Å². The van der Waals surface area contributed by atoms with Crippen LogP contribution in [-0.4, -0.2) is 43.0 Å². The van der Waals surface area contributed by atoms with Gasteiger partial charge in [-0.15, -0.1) is 21.5 Å². The van der Waals surface area contributed by atoms with E-state index >= 15 is 0 Å². The smallest absolute Gasteiger partial charge is 0.198 e. The minimum absolute atomic E-state index is 0.0581. The number of halogens is 1. The summed E-state index contributed by atoms with van der Waals surface area (Å²) in [6.07, 6.45) is 3.79. The number of aromatic nitrogens is 4. The van der Waals surface area contributed by atoms with Gasteiger partial charge in [-0.1, -0.05) is 58.5 Å². The molecule has 1 aromatic carbocycles. The van der Waals surface area contributed by atoms with Crippen LogP contribution in [0.4, 0.5) is 0 Å². The van der Waals surface area contributed by atoms with Crippen molar-refractivity contribution in [2.24, 2.45) is 0 Å². The second kappa shape index (κ2) is 8.72. The minimum Gasteiger partial charge on any atom is -0.369 e. The molecule has 0 N–H and O–H groups in total. The maximum Gasteiger partial charge on any atom is 0.198 e. The fraction of sp³-hybridized carbons (Fsp3) is 0.364. The lowest BCUT2D eigenvalue weighted by molar-refractivity contribution is -0.0542. The molecule has 1 aliphatic heterocycles. The topological polar surface area (TPSA) is 69.4 Å². The number of hydrogen-bond acceptors (Lipinski definition) is 8. The van der Waals surface area contributed by atoms with Crippen molar-refractivity contribution >= 4 is 72.4 Å². The van der Waals surface area contributed by atoms with Crippen molar-refractivity contribution < 1.29 is 9.53 Å². The summed E-state index contributed by atoms with van der Waals surface area (Å²) in [5.41, 5.74) is 2.60. The van der Waals surface area contributed by atoms with Crippen LogP contribution in [0.3, 0.4) is 0 Å². The number of nitrogens with zero attached hydrogens (tertiary/aromatic N) is 4. The highest BCUT2D eigenvalue weighted by Gasteiger charge is 2.33. The SMILES string of the molecule is CC[C@]1(C)Cc2c(sc3nc(SC)n4c(SCC(=O)c5ccc(Br)cc5)nnc4c23)CO1. The van der Waals surface area contributed by atoms with E-state index in [0.717, 1.165) is 38.3 Å². The quantitative estimate of drug-likeness (QED) is 0.165. The van der Waals surface area contributed by atoms with Crippen LogP contribution < -0.4 is 0 Å². The van der Waals surface area contributed by atoms with Gasteiger partial charge in [-0.3, -0.25) is 4.79 Å². The van der Waals surface area contributed by atoms with E-state index in [4.69, 9.17) is 9.72 Å². The zero-order chi connectivity index (χ0) is 22.5. The Kier molecular flexibility index (Phi) is 6.08. The van der Waals surface area contributed by atoms with E-state index in [1.165, 1.54) is 22.2 Å². The largest absolute Gasteiger partial charge is 0.369 e. The Balaban J connectivity index is 1.54. The van der Waals surface area contributed by atoms with Crippen LogP contribution in [0.2, 0.25) is 0 Å². The summed E-state index contributed by atoms with van der Waals surface area (Å²) in [4.78, 5) is 19.8. The van der Waals surface area contributed by atoms with Gasteiger partial charge in [-0.25, -0.2) is 9.38 Å². The summed E-state index contributed by atoms with van der Waals surface area (Å²) in [6, 6.07) is 7.42. The van der Waals surface area contributed by atoms with Gasteiger partial charge >= 0.3 is 0 Å². The highest BCUT2D eigenvalue weighted by molar-refractivity contribution is 9.10. The maximum atomic E-state index is 12.7. The summed E-state index contributed by atoms with van der Waals surface area (Å²) in [6.45, 7) is 4.94. The third-order valence-electron chi connectivity index (χ3n) is 5.85. The molecule has 1 aliphatic rings. The van der Waals surface area contributed by atoms with E-state index in [1.54, 1.807) is 23.1 Å². The molecule has 0 amide bonds. The number of Topliss-reactive ketones (excluding diaryl/α,β-unsaturated/α-hetero) is 1. The number of ether oxygens (including phenoxy) is 1. The summed E-state index contributed by atoms with van der Waals surface area (Å²) in [7, 11) is 0. The average molecular weight is 550 g/mol. The van der Waals surface area contributed by atoms with Gasteiger partial charge in [-0.2, -0.15) is 0 Å². The number of thioether (sulfide) groups is 2. The number of ketones is 1. The molecule has 1 atom stereocenters. The van der Waals surface area contributed by atoms with E-state index in [-0.39, 0.29) is 17.1 Å². The lowest BCUT2D eigenvalue weighted by Crippen LogP contribution is -2.33. The van der Waals surface area contributed by atoms with Crippen LogP contribution in [-0.2, 0) is 17.8 Å². The Morgan fingerprint density at radius 3 is 2.78 bits per heavy atom. The van der Waals surface area contributed by atoms with Crippen molar-refractivity contribution in [1.29, 1.82) is 0 Å². The van der Waals surface area contributed by atoms with Gasteiger partial charge in [0, 0.05) is 21.3 Å². The zero-order valence-electron chi connectivity index (χ0n) is 17.8. The third kappa shape index (κ3) is 3.90. The normalized spacial score (nSPS) is 18.4. The van der Waals surface area contributed by atoms with Crippen molar-refractivity contribution in [3.8, 4) is 0 Å². The molecule has 5 rings (SSSR count). The summed E-state index contributed by atoms with van der Waals surface area (Å²) >= 11 is 8.05. The van der Waals surface area contributed by atoms with E-state index in [1.807, 2.05) is 34.9 Å². The lowest BCUT2D eigenvalue weighted by Gasteiger charge is -2.32. The molecule has 0 bridgehead atoms. The zero-order valence-corrected chi connectivity index (χ0v) is 21.9. The maximum absolute atomic E-state index is 12.7. The molecule has 0 saturated carbocycles. The van der Waals surface area contributed by atoms with Crippen LogP contribution in [0.15, 0.2) is 39.1 Å². The number of benzene rings is 1. The third-order valence-corrected chi connectivity index (χ3v) is 9.05. The van der Waals surface area contributed by atoms with Crippen molar-refractivity contribution in [3.63, 3.8) is 0 Å². The van der Waals surface area contributed by atoms with Crippen molar-refractivity contribution in [1.82, 2.24) is 19.6 Å². The first kappa shape index (κ1) is 22.3. The molecule has 0 fully saturated rings. The van der Waals surface area contributed by atoms with Crippen LogP contribution in [0, 0.1) is 0 Å². The first-order valence-electron chi connectivity index (χ1n) is 10.2. The number of fused-ring (bicyclic) bond motifs is 5. The molecule has 0 radical (unpaired) electrons. The number of carbonyl (C=O) groups is 1. The van der Waals surface area contributed by atoms with Crippen LogP contribution in [0.25, 0.3) is 15.9 Å². The number of thiophene rings is 1. The number of rotatable bonds is 6. The summed E-state index contributed by atoms with van der Waals surface area (Å²) in [5, 5.41) is 11.6. The predicted octanol–water partition coefficient (Wildman–Crippen LogP) is 6.04. The van der Waals surface area contributed by atoms with Gasteiger partial charge < -0.3 is 4.74 Å². The molecule has 0 spiro atoms. The van der Waals surface area contributed by atoms with Gasteiger partial charge in [0.2, 0.25) is 0 Å². The fourth-order valence-electron chi connectivity index (χ4n) is 3.82. The van der Waals surface area contributed by atoms with Gasteiger partial charge in [0.1, 0.15) is 4.83 Å². The second-order valence-corrected chi connectivity index (χ2v) is 11.6. The first-order valence-corrected chi connectivity index (χ1v) is 14.0. The highest BCUT2D eigenvalue weighted by Crippen LogP contribution is 2.42. The Morgan fingerprint density at radius 2 is 2.06 bits per heavy atom. The number of carbonyl (C=O) groups excluding carboxylic acids is 1. The van der Waals surface area contributed by atoms with E-state index in [9.17, 15) is 4.79 Å². The Hall–Kier alpha value is -1.46. The van der Waals surface area contributed by atoms with Crippen LogP contribution >= 0.6 is 50.8 Å². The molecule has 6 nitrogen and oxygen atoms in total. The molecule has 0 aliphatic carbocycles. The number of hydrogen-bond donors (Lipinski definition) is 0. The Labute approximate surface area is 206 Å². The molecule has 10 heteroatoms. The van der Waals surface area contributed by atoms with Crippen molar-refractivity contribution in [2.75, 3.05) is 12.0 Å². The van der Waals surface area contributed by atoms with Gasteiger partial charge in [0.05, 0.1) is 23.3 Å². The van der Waals surface area contributed by atoms with E-state index in [2.05, 4.69) is 40.0 Å². The van der Waals surface area contributed by atoms with Crippen LogP contribution in [0.1, 0.15) is 41.1 Å². The molecule has 4 heterocycles. The molecule has 3 aromatic heterocycles. The van der Waals surface area contributed by atoms with Gasteiger partial charge in [-0.05, 0) is 37.3 Å². The lowest BCUT2D eigenvalue weighted by atomic mass is 9.90. The molecule has 166 valence electrons. The average Bonchev–Trinajstić information content (AvgIpc) is 3.38. The molecular formula is C22H21BrN4O2S3. The van der Waals surface area contributed by atoms with Gasteiger partial charge in [0.15, 0.2) is 21.7 Å². The first-order chi connectivity index (χ1) is 15.4. The minimum atomic E-state index is -0.176. The highest BCUT2D eigenvalue weighted by atomic mass is 79.9. The monoisotopic (exact) mass is 548 g/mol. The molecular weight excluding hydrogens is 528 g/mol. The van der Waals surface area contributed by atoms with E-state index in [0.29, 0.717) is 17.3 Å². The molecule has 0 unspecified atom stereocenters. The molecule has 0 saturated heterocycles. The molecule has 32 heavy (non-hydrogen) atoms. The molecule has 4 aromatic rings. The van der Waals surface area contributed by atoms with E-state index < -0.39 is 0 Å². The van der Waals surface area contributed by atoms with Crippen molar-refractivity contribution in [3.05, 3.63) is 44.7 Å². The standard InChI is InChI=1S/C22H21BrN4O2S3/c1-4-22(2)9-14-16(10-29-22)32-19-17(14)18-25-26-21(27(18)20(24-19)30-3)31-11-15(28)12-5-7-13(23)8-6-12/h5-8H,4,9-11H2,1-3H3/t22-/m1/s1.